The van der Waals surface area contributed by atoms with Crippen LogP contribution in [0.15, 0.2) is 53.4 Å². The molecule has 0 unspecified atom stereocenters. The number of fused-ring (bicyclic) bond motifs is 2. The molecule has 0 aromatic heterocycles. The van der Waals surface area contributed by atoms with Crippen molar-refractivity contribution >= 4 is 29.3 Å². The maximum Gasteiger partial charge on any atom is 0.238 e. The van der Waals surface area contributed by atoms with Crippen molar-refractivity contribution in [2.24, 2.45) is 0 Å². The van der Waals surface area contributed by atoms with E-state index in [0.717, 1.165) is 23.5 Å². The average Bonchev–Trinajstić information content (AvgIpc) is 2.62. The zero-order valence-corrected chi connectivity index (χ0v) is 14.0. The molecule has 0 radical (unpaired) electrons. The van der Waals surface area contributed by atoms with Gasteiger partial charge in [0.1, 0.15) is 0 Å². The third kappa shape index (κ3) is 2.91. The molecule has 0 spiro atoms. The highest BCUT2D eigenvalue weighted by molar-refractivity contribution is 8.01. The van der Waals surface area contributed by atoms with E-state index in [4.69, 9.17) is 0 Å². The lowest BCUT2D eigenvalue weighted by Crippen LogP contribution is -2.40. The van der Waals surface area contributed by atoms with Gasteiger partial charge in [0.15, 0.2) is 0 Å². The van der Waals surface area contributed by atoms with E-state index >= 15 is 0 Å². The van der Waals surface area contributed by atoms with E-state index < -0.39 is 0 Å². The number of hydrogen-bond acceptors (Lipinski definition) is 3. The second kappa shape index (κ2) is 6.32. The lowest BCUT2D eigenvalue weighted by molar-refractivity contribution is -0.133. The topological polar surface area (TPSA) is 49.4 Å². The standard InChI is InChI=1S/C19H18N2O2S/c22-18(21-10-9-13-5-1-2-6-14(13)12-21)11-17-19(23)20-15-7-3-4-8-16(15)24-17/h1-8,17H,9-12H2,(H,20,23)/t17-/m1/s1. The van der Waals surface area contributed by atoms with Crippen LogP contribution in [0.4, 0.5) is 5.69 Å². The maximum atomic E-state index is 12.7. The first-order valence-corrected chi connectivity index (χ1v) is 9.00. The van der Waals surface area contributed by atoms with Crippen molar-refractivity contribution in [2.75, 3.05) is 11.9 Å². The normalized spacial score (nSPS) is 19.2. The first-order valence-electron chi connectivity index (χ1n) is 8.12. The number of nitrogens with one attached hydrogen (secondary N) is 1. The molecule has 122 valence electrons. The predicted octanol–water partition coefficient (Wildman–Crippen LogP) is 3.07. The first-order chi connectivity index (χ1) is 11.7. The van der Waals surface area contributed by atoms with Gasteiger partial charge in [0.25, 0.3) is 0 Å². The van der Waals surface area contributed by atoms with E-state index in [1.165, 1.54) is 22.9 Å². The number of para-hydroxylation sites is 1. The Labute approximate surface area is 145 Å². The Hall–Kier alpha value is -2.27. The zero-order valence-electron chi connectivity index (χ0n) is 13.2. The Bertz CT molecular complexity index is 805. The number of carbonyl (C=O) groups is 2. The van der Waals surface area contributed by atoms with Gasteiger partial charge in [-0.1, -0.05) is 36.4 Å². The maximum absolute atomic E-state index is 12.7. The minimum absolute atomic E-state index is 0.0523. The Morgan fingerprint density at radius 2 is 1.88 bits per heavy atom. The molecule has 2 amide bonds. The summed E-state index contributed by atoms with van der Waals surface area (Å²) < 4.78 is 0. The average molecular weight is 338 g/mol. The van der Waals surface area contributed by atoms with Crippen LogP contribution in [0.25, 0.3) is 0 Å². The van der Waals surface area contributed by atoms with E-state index in [9.17, 15) is 9.59 Å². The number of amides is 2. The van der Waals surface area contributed by atoms with Crippen LogP contribution >= 0.6 is 11.8 Å². The Morgan fingerprint density at radius 1 is 1.12 bits per heavy atom. The molecule has 2 aliphatic rings. The highest BCUT2D eigenvalue weighted by atomic mass is 32.2. The van der Waals surface area contributed by atoms with Gasteiger partial charge >= 0.3 is 0 Å². The quantitative estimate of drug-likeness (QED) is 0.915. The highest BCUT2D eigenvalue weighted by Crippen LogP contribution is 2.37. The molecule has 24 heavy (non-hydrogen) atoms. The smallest absolute Gasteiger partial charge is 0.238 e. The summed E-state index contributed by atoms with van der Waals surface area (Å²) >= 11 is 1.48. The summed E-state index contributed by atoms with van der Waals surface area (Å²) in [4.78, 5) is 27.8. The van der Waals surface area contributed by atoms with Gasteiger partial charge in [0, 0.05) is 24.4 Å². The second-order valence-corrected chi connectivity index (χ2v) is 7.37. The van der Waals surface area contributed by atoms with Gasteiger partial charge in [0.05, 0.1) is 10.9 Å². The predicted molar refractivity (Wildman–Crippen MR) is 94.9 cm³/mol. The van der Waals surface area contributed by atoms with Gasteiger partial charge in [-0.05, 0) is 29.7 Å². The molecular formula is C19H18N2O2S. The molecule has 2 aliphatic heterocycles. The summed E-state index contributed by atoms with van der Waals surface area (Å²) in [6.07, 6.45) is 1.13. The van der Waals surface area contributed by atoms with Crippen molar-refractivity contribution in [2.45, 2.75) is 29.5 Å². The second-order valence-electron chi connectivity index (χ2n) is 6.13. The summed E-state index contributed by atoms with van der Waals surface area (Å²) in [5.41, 5.74) is 3.37. The molecule has 0 saturated heterocycles. The Balaban J connectivity index is 1.45. The van der Waals surface area contributed by atoms with E-state index in [1.54, 1.807) is 0 Å². The minimum Gasteiger partial charge on any atom is -0.338 e. The van der Waals surface area contributed by atoms with Crippen molar-refractivity contribution < 1.29 is 9.59 Å². The van der Waals surface area contributed by atoms with Gasteiger partial charge in [-0.3, -0.25) is 9.59 Å². The van der Waals surface area contributed by atoms with Crippen LogP contribution in [0.1, 0.15) is 17.5 Å². The van der Waals surface area contributed by atoms with Crippen LogP contribution in [-0.2, 0) is 22.6 Å². The van der Waals surface area contributed by atoms with E-state index in [0.29, 0.717) is 6.54 Å². The lowest BCUT2D eigenvalue weighted by Gasteiger charge is -2.31. The molecular weight excluding hydrogens is 320 g/mol. The van der Waals surface area contributed by atoms with Crippen molar-refractivity contribution in [1.82, 2.24) is 4.90 Å². The Morgan fingerprint density at radius 3 is 2.75 bits per heavy atom. The fourth-order valence-electron chi connectivity index (χ4n) is 3.22. The largest absolute Gasteiger partial charge is 0.338 e. The highest BCUT2D eigenvalue weighted by Gasteiger charge is 2.31. The van der Waals surface area contributed by atoms with Crippen molar-refractivity contribution in [3.63, 3.8) is 0 Å². The third-order valence-electron chi connectivity index (χ3n) is 4.55. The molecule has 4 nitrogen and oxygen atoms in total. The summed E-state index contributed by atoms with van der Waals surface area (Å²) in [5.74, 6) is -0.0269. The Kier molecular flexibility index (Phi) is 4.02. The molecule has 0 bridgehead atoms. The first kappa shape index (κ1) is 15.3. The number of hydrogen-bond donors (Lipinski definition) is 1. The van der Waals surface area contributed by atoms with E-state index in [-0.39, 0.29) is 23.5 Å². The number of nitrogens with zero attached hydrogens (tertiary/aromatic N) is 1. The van der Waals surface area contributed by atoms with Gasteiger partial charge in [-0.15, -0.1) is 11.8 Å². The van der Waals surface area contributed by atoms with Crippen LogP contribution < -0.4 is 5.32 Å². The molecule has 4 rings (SSSR count). The summed E-state index contributed by atoms with van der Waals surface area (Å²) in [7, 11) is 0. The molecule has 0 fully saturated rings. The van der Waals surface area contributed by atoms with Crippen molar-refractivity contribution in [3.05, 3.63) is 59.7 Å². The van der Waals surface area contributed by atoms with Gasteiger partial charge < -0.3 is 10.2 Å². The summed E-state index contributed by atoms with van der Waals surface area (Å²) in [6.45, 7) is 1.37. The molecule has 5 heteroatoms. The fraction of sp³-hybridized carbons (Fsp3) is 0.263. The van der Waals surface area contributed by atoms with Crippen molar-refractivity contribution in [1.29, 1.82) is 0 Å². The van der Waals surface area contributed by atoms with E-state index in [2.05, 4.69) is 17.4 Å². The van der Waals surface area contributed by atoms with Crippen LogP contribution in [0.2, 0.25) is 0 Å². The number of carbonyl (C=O) groups excluding carboxylic acids is 2. The van der Waals surface area contributed by atoms with Crippen LogP contribution in [0.3, 0.4) is 0 Å². The van der Waals surface area contributed by atoms with Gasteiger partial charge in [-0.25, -0.2) is 0 Å². The van der Waals surface area contributed by atoms with Crippen molar-refractivity contribution in [3.8, 4) is 0 Å². The van der Waals surface area contributed by atoms with Crippen LogP contribution in [0, 0.1) is 0 Å². The SMILES string of the molecule is O=C1Nc2ccccc2S[C@@H]1CC(=O)N1CCc2ccccc2C1. The molecule has 0 saturated carbocycles. The van der Waals surface area contributed by atoms with Gasteiger partial charge in [-0.2, -0.15) is 0 Å². The fourth-order valence-corrected chi connectivity index (χ4v) is 4.32. The zero-order chi connectivity index (χ0) is 16.5. The molecule has 0 aliphatic carbocycles. The minimum atomic E-state index is -0.357. The summed E-state index contributed by atoms with van der Waals surface area (Å²) in [5, 5.41) is 2.55. The third-order valence-corrected chi connectivity index (χ3v) is 5.83. The number of thioether (sulfide) groups is 1. The van der Waals surface area contributed by atoms with Crippen LogP contribution in [0.5, 0.6) is 0 Å². The van der Waals surface area contributed by atoms with Gasteiger partial charge in [0.2, 0.25) is 11.8 Å². The molecule has 2 aromatic carbocycles. The monoisotopic (exact) mass is 338 g/mol. The lowest BCUT2D eigenvalue weighted by atomic mass is 9.99. The van der Waals surface area contributed by atoms with Crippen LogP contribution in [-0.4, -0.2) is 28.5 Å². The molecule has 1 N–H and O–H groups in total. The number of anilines is 1. The molecule has 2 heterocycles. The number of benzene rings is 2. The van der Waals surface area contributed by atoms with E-state index in [1.807, 2.05) is 41.3 Å². The molecule has 2 aromatic rings. The summed E-state index contributed by atoms with van der Waals surface area (Å²) in [6, 6.07) is 16.0. The number of rotatable bonds is 2. The molecule has 1 atom stereocenters.